The van der Waals surface area contributed by atoms with E-state index in [0.29, 0.717) is 32.5 Å². The second kappa shape index (κ2) is 4.93. The van der Waals surface area contributed by atoms with Gasteiger partial charge in [-0.05, 0) is 12.8 Å². The smallest absolute Gasteiger partial charge is 0.251 e. The van der Waals surface area contributed by atoms with Crippen LogP contribution in [0.1, 0.15) is 25.7 Å². The van der Waals surface area contributed by atoms with Gasteiger partial charge in [-0.3, -0.25) is 9.59 Å². The maximum atomic E-state index is 12.0. The lowest BCUT2D eigenvalue weighted by molar-refractivity contribution is -0.144. The van der Waals surface area contributed by atoms with Crippen LogP contribution in [-0.2, 0) is 14.3 Å². The number of rotatable bonds is 2. The van der Waals surface area contributed by atoms with Crippen LogP contribution in [0.4, 0.5) is 0 Å². The Morgan fingerprint density at radius 1 is 1.38 bits per heavy atom. The lowest BCUT2D eigenvalue weighted by atomic mass is 10.1. The summed E-state index contributed by atoms with van der Waals surface area (Å²) in [6.45, 7) is 1.57. The van der Waals surface area contributed by atoms with Crippen LogP contribution in [0.3, 0.4) is 0 Å². The average molecular weight is 226 g/mol. The van der Waals surface area contributed by atoms with E-state index in [1.807, 2.05) is 0 Å². The number of ether oxygens (including phenoxy) is 1. The zero-order valence-corrected chi connectivity index (χ0v) is 9.35. The lowest BCUT2D eigenvalue weighted by Crippen LogP contribution is -2.44. The number of hydrogen-bond acceptors (Lipinski definition) is 4. The fourth-order valence-corrected chi connectivity index (χ4v) is 2.24. The van der Waals surface area contributed by atoms with Crippen LogP contribution in [0.15, 0.2) is 0 Å². The van der Waals surface area contributed by atoms with Crippen molar-refractivity contribution in [3.8, 4) is 0 Å². The zero-order valence-electron chi connectivity index (χ0n) is 9.35. The molecule has 2 N–H and O–H groups in total. The van der Waals surface area contributed by atoms with Gasteiger partial charge in [-0.25, -0.2) is 0 Å². The fourth-order valence-electron chi connectivity index (χ4n) is 2.24. The maximum absolute atomic E-state index is 12.0. The van der Waals surface area contributed by atoms with Gasteiger partial charge in [-0.2, -0.15) is 0 Å². The summed E-state index contributed by atoms with van der Waals surface area (Å²) in [7, 11) is 0. The van der Waals surface area contributed by atoms with Crippen molar-refractivity contribution in [3.05, 3.63) is 0 Å². The predicted molar refractivity (Wildman–Crippen MR) is 57.8 cm³/mol. The number of piperidine rings is 1. The van der Waals surface area contributed by atoms with Crippen LogP contribution >= 0.6 is 0 Å². The van der Waals surface area contributed by atoms with Crippen molar-refractivity contribution in [2.75, 3.05) is 19.6 Å². The summed E-state index contributed by atoms with van der Waals surface area (Å²) in [6.07, 6.45) is 2.28. The van der Waals surface area contributed by atoms with Gasteiger partial charge in [-0.15, -0.1) is 0 Å². The van der Waals surface area contributed by atoms with Crippen LogP contribution in [0.2, 0.25) is 0 Å². The van der Waals surface area contributed by atoms with Crippen molar-refractivity contribution in [1.29, 1.82) is 0 Å². The first-order valence-corrected chi connectivity index (χ1v) is 5.86. The first-order valence-electron chi connectivity index (χ1n) is 5.86. The van der Waals surface area contributed by atoms with E-state index in [-0.39, 0.29) is 23.9 Å². The van der Waals surface area contributed by atoms with Crippen molar-refractivity contribution in [2.45, 2.75) is 37.9 Å². The highest BCUT2D eigenvalue weighted by Gasteiger charge is 2.33. The predicted octanol–water partition coefficient (Wildman–Crippen LogP) is -0.316. The van der Waals surface area contributed by atoms with Crippen LogP contribution in [0, 0.1) is 0 Å². The molecule has 0 radical (unpaired) electrons. The monoisotopic (exact) mass is 226 g/mol. The van der Waals surface area contributed by atoms with E-state index in [9.17, 15) is 9.59 Å². The topological polar surface area (TPSA) is 72.6 Å². The van der Waals surface area contributed by atoms with Gasteiger partial charge < -0.3 is 15.4 Å². The highest BCUT2D eigenvalue weighted by Crippen LogP contribution is 2.21. The minimum atomic E-state index is -0.332. The third kappa shape index (κ3) is 2.41. The molecule has 90 valence electrons. The van der Waals surface area contributed by atoms with E-state index in [1.54, 1.807) is 4.90 Å². The molecule has 16 heavy (non-hydrogen) atoms. The van der Waals surface area contributed by atoms with Crippen molar-refractivity contribution in [1.82, 2.24) is 4.90 Å². The summed E-state index contributed by atoms with van der Waals surface area (Å²) < 4.78 is 5.55. The van der Waals surface area contributed by atoms with E-state index in [2.05, 4.69) is 0 Å². The minimum Gasteiger partial charge on any atom is -0.364 e. The number of amides is 1. The maximum Gasteiger partial charge on any atom is 0.251 e. The molecule has 2 heterocycles. The van der Waals surface area contributed by atoms with E-state index in [4.69, 9.17) is 10.5 Å². The van der Waals surface area contributed by atoms with Crippen molar-refractivity contribution < 1.29 is 14.3 Å². The summed E-state index contributed by atoms with van der Waals surface area (Å²) in [5, 5.41) is 0. The standard InChI is InChI=1S/C11H18N2O3/c12-7-9-1-2-10(16-9)11(15)13-5-3-8(14)4-6-13/h9-10H,1-7,12H2/t9-,10+/m0/s1. The van der Waals surface area contributed by atoms with Crippen molar-refractivity contribution in [3.63, 3.8) is 0 Å². The van der Waals surface area contributed by atoms with Crippen molar-refractivity contribution >= 4 is 11.7 Å². The molecule has 1 amide bonds. The van der Waals surface area contributed by atoms with E-state index >= 15 is 0 Å². The van der Waals surface area contributed by atoms with Gasteiger partial charge in [0.15, 0.2) is 0 Å². The molecular weight excluding hydrogens is 208 g/mol. The first kappa shape index (κ1) is 11.5. The number of nitrogens with zero attached hydrogens (tertiary/aromatic N) is 1. The van der Waals surface area contributed by atoms with Gasteiger partial charge in [0, 0.05) is 32.5 Å². The van der Waals surface area contributed by atoms with Gasteiger partial charge in [0.25, 0.3) is 5.91 Å². The Kier molecular flexibility index (Phi) is 3.56. The first-order chi connectivity index (χ1) is 7.70. The Morgan fingerprint density at radius 3 is 2.62 bits per heavy atom. The molecule has 0 aliphatic carbocycles. The molecule has 0 aromatic rings. The summed E-state index contributed by atoms with van der Waals surface area (Å²) in [6, 6.07) is 0. The molecule has 5 heteroatoms. The van der Waals surface area contributed by atoms with Crippen LogP contribution in [-0.4, -0.2) is 48.4 Å². The van der Waals surface area contributed by atoms with Crippen LogP contribution < -0.4 is 5.73 Å². The molecule has 0 aromatic heterocycles. The molecule has 0 saturated carbocycles. The molecule has 0 aromatic carbocycles. The summed E-state index contributed by atoms with van der Waals surface area (Å²) in [5.74, 6) is 0.277. The van der Waals surface area contributed by atoms with Crippen LogP contribution in [0.25, 0.3) is 0 Å². The Labute approximate surface area is 94.9 Å². The molecule has 2 atom stereocenters. The molecule has 0 bridgehead atoms. The van der Waals surface area contributed by atoms with Gasteiger partial charge in [0.1, 0.15) is 11.9 Å². The molecule has 2 rings (SSSR count). The van der Waals surface area contributed by atoms with Gasteiger partial charge >= 0.3 is 0 Å². The molecule has 5 nitrogen and oxygen atoms in total. The molecule has 0 unspecified atom stereocenters. The quantitative estimate of drug-likeness (QED) is 0.700. The van der Waals surface area contributed by atoms with Crippen LogP contribution in [0.5, 0.6) is 0 Å². The van der Waals surface area contributed by atoms with Crippen molar-refractivity contribution in [2.24, 2.45) is 5.73 Å². The highest BCUT2D eigenvalue weighted by molar-refractivity contribution is 5.85. The van der Waals surface area contributed by atoms with Gasteiger partial charge in [0.05, 0.1) is 6.10 Å². The summed E-state index contributed by atoms with van der Waals surface area (Å²) in [4.78, 5) is 24.8. The molecule has 0 spiro atoms. The molecule has 2 aliphatic rings. The third-order valence-electron chi connectivity index (χ3n) is 3.28. The Bertz CT molecular complexity index is 283. The SMILES string of the molecule is NC[C@@H]1CC[C@H](C(=O)N2CCC(=O)CC2)O1. The number of likely N-dealkylation sites (tertiary alicyclic amines) is 1. The van der Waals surface area contributed by atoms with Gasteiger partial charge in [-0.1, -0.05) is 0 Å². The second-order valence-corrected chi connectivity index (χ2v) is 4.42. The Morgan fingerprint density at radius 2 is 2.06 bits per heavy atom. The number of nitrogens with two attached hydrogens (primary N) is 1. The number of carbonyl (C=O) groups is 2. The highest BCUT2D eigenvalue weighted by atomic mass is 16.5. The molecule has 2 fully saturated rings. The fraction of sp³-hybridized carbons (Fsp3) is 0.818. The largest absolute Gasteiger partial charge is 0.364 e. The average Bonchev–Trinajstić information content (AvgIpc) is 2.77. The molecule has 2 saturated heterocycles. The normalized spacial score (nSPS) is 30.8. The minimum absolute atomic E-state index is 0.0281. The second-order valence-electron chi connectivity index (χ2n) is 4.42. The third-order valence-corrected chi connectivity index (χ3v) is 3.28. The zero-order chi connectivity index (χ0) is 11.5. The number of ketones is 1. The number of Topliss-reactive ketones (excluding diaryl/α,β-unsaturated/α-hetero) is 1. The van der Waals surface area contributed by atoms with Gasteiger partial charge in [0.2, 0.25) is 0 Å². The summed E-state index contributed by atoms with van der Waals surface area (Å²) in [5.41, 5.74) is 5.50. The molecule has 2 aliphatic heterocycles. The Balaban J connectivity index is 1.86. The lowest BCUT2D eigenvalue weighted by Gasteiger charge is -2.28. The number of carbonyl (C=O) groups excluding carboxylic acids is 2. The van der Waals surface area contributed by atoms with E-state index in [0.717, 1.165) is 12.8 Å². The number of hydrogen-bond donors (Lipinski definition) is 1. The summed E-state index contributed by atoms with van der Waals surface area (Å²) >= 11 is 0. The molecular formula is C11H18N2O3. The Hall–Kier alpha value is -0.940. The van der Waals surface area contributed by atoms with E-state index in [1.165, 1.54) is 0 Å². The van der Waals surface area contributed by atoms with E-state index < -0.39 is 0 Å².